The van der Waals surface area contributed by atoms with Gasteiger partial charge in [-0.25, -0.2) is 4.98 Å². The maximum Gasteiger partial charge on any atom is 0.573 e. The maximum atomic E-state index is 12.7. The number of nitrogens with zero attached hydrogens (tertiary/aromatic N) is 4. The third-order valence-electron chi connectivity index (χ3n) is 7.31. The van der Waals surface area contributed by atoms with Crippen LogP contribution in [0.5, 0.6) is 5.75 Å². The molecule has 0 saturated carbocycles. The Kier molecular flexibility index (Phi) is 9.41. The van der Waals surface area contributed by atoms with Gasteiger partial charge in [-0.05, 0) is 61.5 Å². The summed E-state index contributed by atoms with van der Waals surface area (Å²) in [4.78, 5) is 9.60. The van der Waals surface area contributed by atoms with E-state index in [4.69, 9.17) is 28.2 Å². The summed E-state index contributed by atoms with van der Waals surface area (Å²) in [5.74, 6) is -0.242. The number of hydrogen-bond acceptors (Lipinski definition) is 5. The van der Waals surface area contributed by atoms with E-state index in [0.717, 1.165) is 92.1 Å². The van der Waals surface area contributed by atoms with Gasteiger partial charge in [-0.15, -0.1) is 13.2 Å². The molecular weight excluding hydrogens is 574 g/mol. The number of hydrogen-bond donors (Lipinski definition) is 1. The summed E-state index contributed by atoms with van der Waals surface area (Å²) in [5, 5.41) is 5.52. The van der Waals surface area contributed by atoms with E-state index in [1.54, 1.807) is 12.1 Å². The van der Waals surface area contributed by atoms with Crippen molar-refractivity contribution in [1.29, 1.82) is 0 Å². The highest BCUT2D eigenvalue weighted by atomic mass is 35.5. The molecule has 3 heterocycles. The van der Waals surface area contributed by atoms with Gasteiger partial charge >= 0.3 is 6.36 Å². The summed E-state index contributed by atoms with van der Waals surface area (Å²) < 4.78 is 44.1. The molecular formula is C30H32Cl2F3N5O. The fraction of sp³-hybridized carbons (Fsp3) is 0.367. The molecule has 0 radical (unpaired) electrons. The van der Waals surface area contributed by atoms with E-state index in [9.17, 15) is 13.2 Å². The normalized spacial score (nSPS) is 15.1. The van der Waals surface area contributed by atoms with Crippen LogP contribution in [0.15, 0.2) is 60.9 Å². The molecule has 6 nitrogen and oxygen atoms in total. The van der Waals surface area contributed by atoms with Crippen molar-refractivity contribution < 1.29 is 17.9 Å². The molecule has 41 heavy (non-hydrogen) atoms. The second-order valence-electron chi connectivity index (χ2n) is 10.2. The van der Waals surface area contributed by atoms with Gasteiger partial charge in [0.1, 0.15) is 11.4 Å². The van der Waals surface area contributed by atoms with Crippen molar-refractivity contribution in [3.8, 4) is 16.9 Å². The number of benzene rings is 2. The minimum absolute atomic E-state index is 0.242. The second kappa shape index (κ2) is 13.0. The molecule has 11 heteroatoms. The average Bonchev–Trinajstić information content (AvgIpc) is 3.29. The molecule has 4 aromatic rings. The number of aryl methyl sites for hydroxylation is 1. The maximum absolute atomic E-state index is 12.7. The molecule has 0 atom stereocenters. The van der Waals surface area contributed by atoms with Crippen LogP contribution in [0.3, 0.4) is 0 Å². The highest BCUT2D eigenvalue weighted by Gasteiger charge is 2.31. The summed E-state index contributed by atoms with van der Waals surface area (Å²) in [7, 11) is 1.92. The lowest BCUT2D eigenvalue weighted by molar-refractivity contribution is -0.274. The van der Waals surface area contributed by atoms with Gasteiger partial charge in [0.05, 0.1) is 0 Å². The Hall–Kier alpha value is -2.82. The number of aromatic nitrogens is 2. The summed E-state index contributed by atoms with van der Waals surface area (Å²) in [5.41, 5.74) is 4.65. The lowest BCUT2D eigenvalue weighted by atomic mass is 10.0. The predicted octanol–water partition coefficient (Wildman–Crippen LogP) is 6.84. The number of ether oxygens (including phenoxy) is 1. The molecule has 218 valence electrons. The van der Waals surface area contributed by atoms with Crippen molar-refractivity contribution in [1.82, 2.24) is 24.7 Å². The lowest BCUT2D eigenvalue weighted by Crippen LogP contribution is -2.45. The molecule has 1 N–H and O–H groups in total. The molecule has 2 aromatic carbocycles. The molecule has 1 fully saturated rings. The molecule has 0 bridgehead atoms. The van der Waals surface area contributed by atoms with Crippen LogP contribution in [0.2, 0.25) is 10.0 Å². The summed E-state index contributed by atoms with van der Waals surface area (Å²) >= 11 is 12.8. The van der Waals surface area contributed by atoms with Crippen LogP contribution in [0.1, 0.15) is 17.5 Å². The topological polar surface area (TPSA) is 45.6 Å². The van der Waals surface area contributed by atoms with Crippen LogP contribution in [-0.2, 0) is 19.6 Å². The zero-order chi connectivity index (χ0) is 29.0. The Labute approximate surface area is 247 Å². The largest absolute Gasteiger partial charge is 0.573 e. The van der Waals surface area contributed by atoms with Gasteiger partial charge in [-0.1, -0.05) is 41.4 Å². The standard InChI is InChI=1S/C30H32Cl2F3N5O/c1-36-10-3-11-40-20-25(22-6-8-23(9-7-22)41-30(33,34)35)24-16-21(17-37-29(24)40)18-38-12-14-39(15-13-38)19-26-27(31)4-2-5-28(26)32/h2,4-9,16-17,20,36H,3,10-15,18-19H2,1H3. The number of alkyl halides is 3. The van der Waals surface area contributed by atoms with E-state index < -0.39 is 6.36 Å². The average molecular weight is 607 g/mol. The molecule has 1 aliphatic heterocycles. The lowest BCUT2D eigenvalue weighted by Gasteiger charge is -2.35. The first-order valence-electron chi connectivity index (χ1n) is 13.6. The smallest absolute Gasteiger partial charge is 0.406 e. The van der Waals surface area contributed by atoms with E-state index in [-0.39, 0.29) is 5.75 Å². The van der Waals surface area contributed by atoms with Crippen LogP contribution in [0, 0.1) is 0 Å². The van der Waals surface area contributed by atoms with E-state index in [1.165, 1.54) is 12.1 Å². The van der Waals surface area contributed by atoms with Gasteiger partial charge < -0.3 is 14.6 Å². The Morgan fingerprint density at radius 1 is 0.951 bits per heavy atom. The third kappa shape index (κ3) is 7.53. The van der Waals surface area contributed by atoms with E-state index in [0.29, 0.717) is 10.0 Å². The van der Waals surface area contributed by atoms with Crippen LogP contribution in [-0.4, -0.2) is 65.5 Å². The van der Waals surface area contributed by atoms with E-state index >= 15 is 0 Å². The Balaban J connectivity index is 1.32. The van der Waals surface area contributed by atoms with Crippen LogP contribution >= 0.6 is 23.2 Å². The minimum atomic E-state index is -4.73. The zero-order valence-electron chi connectivity index (χ0n) is 22.7. The van der Waals surface area contributed by atoms with Crippen molar-refractivity contribution in [3.05, 3.63) is 82.1 Å². The first-order valence-corrected chi connectivity index (χ1v) is 14.3. The minimum Gasteiger partial charge on any atom is -0.406 e. The van der Waals surface area contributed by atoms with Gasteiger partial charge in [0.2, 0.25) is 0 Å². The summed E-state index contributed by atoms with van der Waals surface area (Å²) in [6.45, 7) is 6.72. The fourth-order valence-corrected chi connectivity index (χ4v) is 5.75. The highest BCUT2D eigenvalue weighted by Crippen LogP contribution is 2.33. The van der Waals surface area contributed by atoms with Crippen molar-refractivity contribution >= 4 is 34.2 Å². The van der Waals surface area contributed by atoms with E-state index in [1.807, 2.05) is 37.6 Å². The van der Waals surface area contributed by atoms with Gasteiger partial charge in [0.15, 0.2) is 0 Å². The summed E-state index contributed by atoms with van der Waals surface area (Å²) in [6, 6.07) is 13.8. The Morgan fingerprint density at radius 2 is 1.61 bits per heavy atom. The SMILES string of the molecule is CNCCCn1cc(-c2ccc(OC(F)(F)F)cc2)c2cc(CN3CCN(Cc4c(Cl)cccc4Cl)CC3)cnc21. The number of halogens is 5. The monoisotopic (exact) mass is 605 g/mol. The zero-order valence-corrected chi connectivity index (χ0v) is 24.2. The predicted molar refractivity (Wildman–Crippen MR) is 157 cm³/mol. The van der Waals surface area contributed by atoms with Gasteiger partial charge in [-0.3, -0.25) is 9.80 Å². The molecule has 1 saturated heterocycles. The first kappa shape index (κ1) is 29.7. The van der Waals surface area contributed by atoms with Crippen molar-refractivity contribution in [2.24, 2.45) is 0 Å². The number of nitrogens with one attached hydrogen (secondary N) is 1. The fourth-order valence-electron chi connectivity index (χ4n) is 5.23. The second-order valence-corrected chi connectivity index (χ2v) is 11.0. The third-order valence-corrected chi connectivity index (χ3v) is 8.02. The van der Waals surface area contributed by atoms with Crippen LogP contribution in [0.4, 0.5) is 13.2 Å². The molecule has 0 amide bonds. The quantitative estimate of drug-likeness (QED) is 0.201. The first-order chi connectivity index (χ1) is 19.7. The van der Waals surface area contributed by atoms with Gasteiger partial charge in [0, 0.05) is 84.8 Å². The van der Waals surface area contributed by atoms with Gasteiger partial charge in [0.25, 0.3) is 0 Å². The summed E-state index contributed by atoms with van der Waals surface area (Å²) in [6.07, 6.45) is 0.161. The molecule has 5 rings (SSSR count). The molecule has 0 spiro atoms. The Bertz CT molecular complexity index is 1450. The Morgan fingerprint density at radius 3 is 2.24 bits per heavy atom. The van der Waals surface area contributed by atoms with Crippen LogP contribution in [0.25, 0.3) is 22.2 Å². The van der Waals surface area contributed by atoms with Crippen LogP contribution < -0.4 is 10.1 Å². The number of piperazine rings is 1. The van der Waals surface area contributed by atoms with Crippen molar-refractivity contribution in [2.45, 2.75) is 32.4 Å². The van der Waals surface area contributed by atoms with Crippen molar-refractivity contribution in [3.63, 3.8) is 0 Å². The molecule has 1 aliphatic rings. The molecule has 0 aliphatic carbocycles. The highest BCUT2D eigenvalue weighted by molar-refractivity contribution is 6.35. The number of pyridine rings is 1. The van der Waals surface area contributed by atoms with Crippen molar-refractivity contribution in [2.75, 3.05) is 39.8 Å². The molecule has 2 aromatic heterocycles. The number of rotatable bonds is 10. The van der Waals surface area contributed by atoms with Gasteiger partial charge in [-0.2, -0.15) is 0 Å². The van der Waals surface area contributed by atoms with E-state index in [2.05, 4.69) is 30.5 Å². The number of fused-ring (bicyclic) bond motifs is 1. The molecule has 0 unspecified atom stereocenters.